The minimum Gasteiger partial charge on any atom is -0.384 e. The van der Waals surface area contributed by atoms with Gasteiger partial charge in [0.2, 0.25) is 10.0 Å². The van der Waals surface area contributed by atoms with Crippen molar-refractivity contribution in [1.82, 2.24) is 4.31 Å². The number of benzene rings is 1. The lowest BCUT2D eigenvalue weighted by molar-refractivity contribution is 0.121. The fourth-order valence-corrected chi connectivity index (χ4v) is 4.31. The first-order valence-corrected chi connectivity index (χ1v) is 8.71. The predicted molar refractivity (Wildman–Crippen MR) is 82.4 cm³/mol. The molecule has 0 radical (unpaired) electrons. The second-order valence-electron chi connectivity index (χ2n) is 5.60. The van der Waals surface area contributed by atoms with Gasteiger partial charge in [-0.05, 0) is 48.9 Å². The van der Waals surface area contributed by atoms with Crippen molar-refractivity contribution in [2.75, 3.05) is 26.8 Å². The first-order chi connectivity index (χ1) is 9.98. The quantitative estimate of drug-likeness (QED) is 0.894. The summed E-state index contributed by atoms with van der Waals surface area (Å²) >= 11 is 0. The van der Waals surface area contributed by atoms with Crippen molar-refractivity contribution in [3.8, 4) is 0 Å². The van der Waals surface area contributed by atoms with E-state index in [0.717, 1.165) is 24.0 Å². The summed E-state index contributed by atoms with van der Waals surface area (Å²) in [6.07, 6.45) is 1.71. The van der Waals surface area contributed by atoms with Crippen LogP contribution in [0.4, 0.5) is 0 Å². The molecule has 1 saturated heterocycles. The monoisotopic (exact) mass is 312 g/mol. The molecule has 118 valence electrons. The number of sulfonamides is 1. The second kappa shape index (κ2) is 6.87. The molecule has 1 heterocycles. The maximum Gasteiger partial charge on any atom is 0.243 e. The van der Waals surface area contributed by atoms with Crippen LogP contribution in [0, 0.1) is 12.8 Å². The second-order valence-corrected chi connectivity index (χ2v) is 7.53. The molecule has 0 unspecified atom stereocenters. The lowest BCUT2D eigenvalue weighted by Crippen LogP contribution is -2.39. The molecule has 2 rings (SSSR count). The highest BCUT2D eigenvalue weighted by atomic mass is 32.2. The summed E-state index contributed by atoms with van der Waals surface area (Å²) in [5.41, 5.74) is 7.53. The van der Waals surface area contributed by atoms with E-state index < -0.39 is 10.0 Å². The van der Waals surface area contributed by atoms with Gasteiger partial charge in [-0.1, -0.05) is 6.07 Å². The van der Waals surface area contributed by atoms with Gasteiger partial charge in [0.05, 0.1) is 4.90 Å². The lowest BCUT2D eigenvalue weighted by Gasteiger charge is -2.31. The highest BCUT2D eigenvalue weighted by Crippen LogP contribution is 2.25. The van der Waals surface area contributed by atoms with Crippen LogP contribution in [0.1, 0.15) is 24.0 Å². The first kappa shape index (κ1) is 16.4. The number of nitrogens with zero attached hydrogens (tertiary/aromatic N) is 1. The van der Waals surface area contributed by atoms with Crippen LogP contribution < -0.4 is 5.73 Å². The van der Waals surface area contributed by atoms with Crippen molar-refractivity contribution >= 4 is 10.0 Å². The van der Waals surface area contributed by atoms with Crippen molar-refractivity contribution in [3.05, 3.63) is 29.3 Å². The van der Waals surface area contributed by atoms with E-state index in [-0.39, 0.29) is 0 Å². The molecule has 6 heteroatoms. The maximum atomic E-state index is 12.7. The van der Waals surface area contributed by atoms with E-state index in [4.69, 9.17) is 10.5 Å². The Balaban J connectivity index is 2.14. The van der Waals surface area contributed by atoms with E-state index in [1.165, 1.54) is 0 Å². The van der Waals surface area contributed by atoms with E-state index in [9.17, 15) is 8.42 Å². The molecule has 0 bridgehead atoms. The highest BCUT2D eigenvalue weighted by molar-refractivity contribution is 7.89. The van der Waals surface area contributed by atoms with Crippen LogP contribution in [0.3, 0.4) is 0 Å². The van der Waals surface area contributed by atoms with E-state index >= 15 is 0 Å². The Bertz CT molecular complexity index is 579. The van der Waals surface area contributed by atoms with Gasteiger partial charge in [-0.15, -0.1) is 0 Å². The molecule has 1 aliphatic rings. The molecule has 5 nitrogen and oxygen atoms in total. The summed E-state index contributed by atoms with van der Waals surface area (Å²) in [7, 11) is -1.71. The molecule has 0 amide bonds. The van der Waals surface area contributed by atoms with Crippen molar-refractivity contribution in [2.45, 2.75) is 31.2 Å². The van der Waals surface area contributed by atoms with E-state index in [1.807, 2.05) is 6.92 Å². The number of hydrogen-bond donors (Lipinski definition) is 1. The van der Waals surface area contributed by atoms with Crippen LogP contribution in [0.15, 0.2) is 23.1 Å². The summed E-state index contributed by atoms with van der Waals surface area (Å²) in [4.78, 5) is 0.363. The minimum atomic E-state index is -3.40. The van der Waals surface area contributed by atoms with Gasteiger partial charge in [0.15, 0.2) is 0 Å². The zero-order chi connectivity index (χ0) is 15.5. The number of ether oxygens (including phenoxy) is 1. The van der Waals surface area contributed by atoms with Crippen molar-refractivity contribution in [3.63, 3.8) is 0 Å². The summed E-state index contributed by atoms with van der Waals surface area (Å²) in [5.74, 6) is 0.461. The number of methoxy groups -OCH3 is 1. The van der Waals surface area contributed by atoms with Gasteiger partial charge in [0, 0.05) is 33.4 Å². The van der Waals surface area contributed by atoms with Crippen molar-refractivity contribution in [2.24, 2.45) is 11.7 Å². The summed E-state index contributed by atoms with van der Waals surface area (Å²) < 4.78 is 32.1. The van der Waals surface area contributed by atoms with Crippen molar-refractivity contribution < 1.29 is 13.2 Å². The molecule has 1 aliphatic heterocycles. The average Bonchev–Trinajstić information content (AvgIpc) is 2.48. The van der Waals surface area contributed by atoms with Gasteiger partial charge in [0.1, 0.15) is 0 Å². The van der Waals surface area contributed by atoms with Gasteiger partial charge in [-0.2, -0.15) is 4.31 Å². The summed E-state index contributed by atoms with van der Waals surface area (Å²) in [6.45, 7) is 4.15. The Kier molecular flexibility index (Phi) is 5.37. The number of nitrogens with two attached hydrogens (primary N) is 1. The van der Waals surface area contributed by atoms with Crippen LogP contribution in [-0.4, -0.2) is 39.5 Å². The zero-order valence-corrected chi connectivity index (χ0v) is 13.5. The molecule has 0 aromatic heterocycles. The maximum absolute atomic E-state index is 12.7. The first-order valence-electron chi connectivity index (χ1n) is 7.27. The topological polar surface area (TPSA) is 72.6 Å². The van der Waals surface area contributed by atoms with Gasteiger partial charge >= 0.3 is 0 Å². The Hall–Kier alpha value is -0.950. The fraction of sp³-hybridized carbons (Fsp3) is 0.600. The smallest absolute Gasteiger partial charge is 0.243 e. The largest absolute Gasteiger partial charge is 0.384 e. The standard InChI is InChI=1S/C15H24N2O3S/c1-12-9-15(4-3-14(12)10-16)21(18,19)17-7-5-13(6-8-17)11-20-2/h3-4,9,13H,5-8,10-11,16H2,1-2H3. The third-order valence-corrected chi connectivity index (χ3v) is 6.04. The molecule has 1 fully saturated rings. The molecule has 0 aliphatic carbocycles. The van der Waals surface area contributed by atoms with E-state index in [2.05, 4.69) is 0 Å². The van der Waals surface area contributed by atoms with Gasteiger partial charge in [0.25, 0.3) is 0 Å². The van der Waals surface area contributed by atoms with Crippen molar-refractivity contribution in [1.29, 1.82) is 0 Å². The van der Waals surface area contributed by atoms with Gasteiger partial charge in [-0.3, -0.25) is 0 Å². The summed E-state index contributed by atoms with van der Waals surface area (Å²) in [5, 5.41) is 0. The highest BCUT2D eigenvalue weighted by Gasteiger charge is 2.29. The molecule has 1 aromatic rings. The van der Waals surface area contributed by atoms with Gasteiger partial charge < -0.3 is 10.5 Å². The van der Waals surface area contributed by atoms with Crippen LogP contribution in [0.25, 0.3) is 0 Å². The zero-order valence-electron chi connectivity index (χ0n) is 12.7. The Morgan fingerprint density at radius 3 is 2.52 bits per heavy atom. The number of aryl methyl sites for hydroxylation is 1. The SMILES string of the molecule is COCC1CCN(S(=O)(=O)c2ccc(CN)c(C)c2)CC1. The molecule has 0 spiro atoms. The molecule has 0 saturated carbocycles. The molecule has 1 aromatic carbocycles. The van der Waals surface area contributed by atoms with Crippen LogP contribution in [0.2, 0.25) is 0 Å². The Morgan fingerprint density at radius 2 is 2.00 bits per heavy atom. The van der Waals surface area contributed by atoms with Gasteiger partial charge in [-0.25, -0.2) is 8.42 Å². The number of rotatable bonds is 5. The molecular formula is C15H24N2O3S. The van der Waals surface area contributed by atoms with Crippen LogP contribution in [0.5, 0.6) is 0 Å². The lowest BCUT2D eigenvalue weighted by atomic mass is 9.99. The Morgan fingerprint density at radius 1 is 1.33 bits per heavy atom. The molecule has 2 N–H and O–H groups in total. The third kappa shape index (κ3) is 3.63. The Labute approximate surface area is 127 Å². The third-order valence-electron chi connectivity index (χ3n) is 4.15. The summed E-state index contributed by atoms with van der Waals surface area (Å²) in [6, 6.07) is 5.18. The predicted octanol–water partition coefficient (Wildman–Crippen LogP) is 1.50. The minimum absolute atomic E-state index is 0.363. The number of piperidine rings is 1. The number of hydrogen-bond acceptors (Lipinski definition) is 4. The fourth-order valence-electron chi connectivity index (χ4n) is 2.76. The van der Waals surface area contributed by atoms with E-state index in [1.54, 1.807) is 29.6 Å². The molecule has 0 atom stereocenters. The van der Waals surface area contributed by atoms with Crippen LogP contribution in [-0.2, 0) is 21.3 Å². The van der Waals surface area contributed by atoms with Crippen LogP contribution >= 0.6 is 0 Å². The molecular weight excluding hydrogens is 288 g/mol. The molecule has 21 heavy (non-hydrogen) atoms. The normalized spacial score (nSPS) is 18.0. The van der Waals surface area contributed by atoms with E-state index in [0.29, 0.717) is 37.1 Å². The average molecular weight is 312 g/mol.